The molecule has 0 unspecified atom stereocenters. The van der Waals surface area contributed by atoms with Crippen LogP contribution in [0.15, 0.2) is 144 Å². The molecule has 0 radical (unpaired) electrons. The Labute approximate surface area is 264 Å². The number of hydrogen-bond acceptors (Lipinski definition) is 5. The van der Waals surface area contributed by atoms with Crippen molar-refractivity contribution in [2.24, 2.45) is 0 Å². The minimum Gasteiger partial charge on any atom is -0.326 e. The quantitative estimate of drug-likeness (QED) is 0.211. The SMILES string of the molecule is O=c1[nH]c2ccccc2n1Cc1nc2ccccc2n1CCc1nnn(C(c2ccccc2)(c2ccccc2)c2ccccc2)n1. The summed E-state index contributed by atoms with van der Waals surface area (Å²) in [6, 6.07) is 46.7. The Kier molecular flexibility index (Phi) is 6.83. The molecule has 8 rings (SSSR count). The maximum absolute atomic E-state index is 12.9. The molecule has 0 amide bonds. The molecule has 0 bridgehead atoms. The number of benzene rings is 5. The predicted molar refractivity (Wildman–Crippen MR) is 178 cm³/mol. The maximum Gasteiger partial charge on any atom is 0.326 e. The van der Waals surface area contributed by atoms with Crippen LogP contribution >= 0.6 is 0 Å². The number of nitrogens with one attached hydrogen (secondary N) is 1. The molecule has 0 aliphatic carbocycles. The molecule has 0 aliphatic rings. The third-order valence-electron chi connectivity index (χ3n) is 8.60. The van der Waals surface area contributed by atoms with Crippen LogP contribution in [0.2, 0.25) is 0 Å². The highest BCUT2D eigenvalue weighted by Crippen LogP contribution is 2.39. The van der Waals surface area contributed by atoms with E-state index in [1.165, 1.54) is 0 Å². The number of rotatable bonds is 9. The maximum atomic E-state index is 12.9. The molecule has 3 aromatic heterocycles. The molecular weight excluding hydrogens is 572 g/mol. The predicted octanol–water partition coefficient (Wildman–Crippen LogP) is 5.80. The van der Waals surface area contributed by atoms with Gasteiger partial charge >= 0.3 is 5.69 Å². The zero-order valence-corrected chi connectivity index (χ0v) is 24.9. The van der Waals surface area contributed by atoms with Crippen molar-refractivity contribution in [1.29, 1.82) is 0 Å². The van der Waals surface area contributed by atoms with Crippen molar-refractivity contribution >= 4 is 22.1 Å². The molecule has 9 nitrogen and oxygen atoms in total. The molecule has 9 heteroatoms. The Balaban J connectivity index is 1.19. The van der Waals surface area contributed by atoms with E-state index in [2.05, 4.69) is 57.1 Å². The van der Waals surface area contributed by atoms with Gasteiger partial charge in [-0.3, -0.25) is 4.57 Å². The van der Waals surface area contributed by atoms with Gasteiger partial charge in [0, 0.05) is 13.0 Å². The normalized spacial score (nSPS) is 11.8. The largest absolute Gasteiger partial charge is 0.326 e. The molecule has 46 heavy (non-hydrogen) atoms. The number of imidazole rings is 2. The van der Waals surface area contributed by atoms with Crippen LogP contribution in [0.25, 0.3) is 22.1 Å². The number of para-hydroxylation sites is 4. The molecule has 1 N–H and O–H groups in total. The third-order valence-corrected chi connectivity index (χ3v) is 8.60. The molecule has 3 heterocycles. The van der Waals surface area contributed by atoms with Crippen molar-refractivity contribution < 1.29 is 0 Å². The van der Waals surface area contributed by atoms with Gasteiger partial charge in [0.05, 0.1) is 28.6 Å². The van der Waals surface area contributed by atoms with Crippen molar-refractivity contribution in [3.63, 3.8) is 0 Å². The zero-order chi connectivity index (χ0) is 30.9. The van der Waals surface area contributed by atoms with Gasteiger partial charge in [0.15, 0.2) is 11.4 Å². The lowest BCUT2D eigenvalue weighted by molar-refractivity contribution is 0.394. The number of hydrogen-bond donors (Lipinski definition) is 1. The summed E-state index contributed by atoms with van der Waals surface area (Å²) in [5, 5.41) is 14.3. The summed E-state index contributed by atoms with van der Waals surface area (Å²) in [6.45, 7) is 0.893. The van der Waals surface area contributed by atoms with Crippen LogP contribution in [-0.2, 0) is 25.0 Å². The van der Waals surface area contributed by atoms with E-state index in [4.69, 9.17) is 15.3 Å². The topological polar surface area (TPSA) is 99.2 Å². The standard InChI is InChI=1S/C37H30N8O/c46-36-39-31-21-11-13-23-33(31)44(36)26-35-38-30-20-10-12-22-32(30)43(35)25-24-34-40-42-45(41-34)37(27-14-4-1-5-15-27,28-16-6-2-7-17-28)29-18-8-3-9-19-29/h1-23H,24-26H2,(H,39,46). The highest BCUT2D eigenvalue weighted by molar-refractivity contribution is 5.77. The van der Waals surface area contributed by atoms with E-state index in [-0.39, 0.29) is 5.69 Å². The molecular formula is C37H30N8O. The van der Waals surface area contributed by atoms with E-state index in [0.29, 0.717) is 25.3 Å². The van der Waals surface area contributed by atoms with Crippen LogP contribution < -0.4 is 5.69 Å². The lowest BCUT2D eigenvalue weighted by atomic mass is 9.77. The number of aromatic amines is 1. The third kappa shape index (κ3) is 4.60. The van der Waals surface area contributed by atoms with Crippen LogP contribution in [0.1, 0.15) is 28.3 Å². The van der Waals surface area contributed by atoms with Crippen molar-refractivity contribution in [3.8, 4) is 0 Å². The Morgan fingerprint density at radius 2 is 1.20 bits per heavy atom. The highest BCUT2D eigenvalue weighted by atomic mass is 16.1. The first-order chi connectivity index (χ1) is 22.7. The van der Waals surface area contributed by atoms with Gasteiger partial charge in [-0.15, -0.1) is 15.0 Å². The van der Waals surface area contributed by atoms with E-state index in [9.17, 15) is 4.79 Å². The lowest BCUT2D eigenvalue weighted by Crippen LogP contribution is -2.39. The monoisotopic (exact) mass is 602 g/mol. The highest BCUT2D eigenvalue weighted by Gasteiger charge is 2.41. The average Bonchev–Trinajstić information content (AvgIpc) is 3.81. The fourth-order valence-corrected chi connectivity index (χ4v) is 6.48. The van der Waals surface area contributed by atoms with Crippen LogP contribution in [0, 0.1) is 0 Å². The second-order valence-electron chi connectivity index (χ2n) is 11.3. The molecule has 0 aliphatic heterocycles. The fourth-order valence-electron chi connectivity index (χ4n) is 6.48. The Bertz CT molecular complexity index is 2220. The van der Waals surface area contributed by atoms with Gasteiger partial charge in [0.2, 0.25) is 0 Å². The molecule has 0 fully saturated rings. The zero-order valence-electron chi connectivity index (χ0n) is 24.9. The van der Waals surface area contributed by atoms with Crippen molar-refractivity contribution in [2.75, 3.05) is 0 Å². The number of H-pyrrole nitrogens is 1. The molecule has 0 saturated carbocycles. The first-order valence-electron chi connectivity index (χ1n) is 15.3. The van der Waals surface area contributed by atoms with E-state index in [1.807, 2.05) is 97.1 Å². The summed E-state index contributed by atoms with van der Waals surface area (Å²) >= 11 is 0. The first kappa shape index (κ1) is 27.5. The minimum atomic E-state index is -0.835. The Morgan fingerprint density at radius 1 is 0.630 bits per heavy atom. The van der Waals surface area contributed by atoms with Gasteiger partial charge < -0.3 is 9.55 Å². The lowest BCUT2D eigenvalue weighted by Gasteiger charge is -2.34. The van der Waals surface area contributed by atoms with E-state index in [1.54, 1.807) is 9.36 Å². The van der Waals surface area contributed by atoms with Crippen molar-refractivity contribution in [3.05, 3.63) is 178 Å². The fraction of sp³-hybridized carbons (Fsp3) is 0.108. The van der Waals surface area contributed by atoms with Crippen LogP contribution in [0.4, 0.5) is 0 Å². The summed E-state index contributed by atoms with van der Waals surface area (Å²) < 4.78 is 3.89. The van der Waals surface area contributed by atoms with E-state index >= 15 is 0 Å². The van der Waals surface area contributed by atoms with Gasteiger partial charge in [-0.1, -0.05) is 115 Å². The molecule has 5 aromatic carbocycles. The van der Waals surface area contributed by atoms with E-state index in [0.717, 1.165) is 44.6 Å². The van der Waals surface area contributed by atoms with E-state index < -0.39 is 5.54 Å². The molecule has 224 valence electrons. The summed E-state index contributed by atoms with van der Waals surface area (Å²) in [4.78, 5) is 22.6. The summed E-state index contributed by atoms with van der Waals surface area (Å²) in [5.41, 5.74) is 5.60. The van der Waals surface area contributed by atoms with Crippen molar-refractivity contribution in [2.45, 2.75) is 25.0 Å². The Hall–Kier alpha value is -6.09. The summed E-state index contributed by atoms with van der Waals surface area (Å²) in [5.74, 6) is 1.40. The Morgan fingerprint density at radius 3 is 1.85 bits per heavy atom. The number of aryl methyl sites for hydroxylation is 2. The molecule has 0 saturated heterocycles. The number of fused-ring (bicyclic) bond motifs is 2. The average molecular weight is 603 g/mol. The van der Waals surface area contributed by atoms with Crippen LogP contribution in [0.5, 0.6) is 0 Å². The van der Waals surface area contributed by atoms with Crippen LogP contribution in [-0.4, -0.2) is 39.3 Å². The van der Waals surface area contributed by atoms with Gasteiger partial charge in [-0.25, -0.2) is 9.78 Å². The number of aromatic nitrogens is 8. The van der Waals surface area contributed by atoms with Crippen molar-refractivity contribution in [1.82, 2.24) is 39.3 Å². The minimum absolute atomic E-state index is 0.163. The van der Waals surface area contributed by atoms with Gasteiger partial charge in [0.1, 0.15) is 5.82 Å². The second-order valence-corrected chi connectivity index (χ2v) is 11.3. The molecule has 0 spiro atoms. The van der Waals surface area contributed by atoms with Crippen LogP contribution in [0.3, 0.4) is 0 Å². The summed E-state index contributed by atoms with van der Waals surface area (Å²) in [7, 11) is 0. The summed E-state index contributed by atoms with van der Waals surface area (Å²) in [6.07, 6.45) is 0.518. The molecule has 0 atom stereocenters. The van der Waals surface area contributed by atoms with Gasteiger partial charge in [0.25, 0.3) is 0 Å². The second kappa shape index (κ2) is 11.4. The number of nitrogens with zero attached hydrogens (tertiary/aromatic N) is 7. The van der Waals surface area contributed by atoms with Gasteiger partial charge in [-0.2, -0.15) is 0 Å². The number of tetrazole rings is 1. The van der Waals surface area contributed by atoms with Gasteiger partial charge in [-0.05, 0) is 46.2 Å². The smallest absolute Gasteiger partial charge is 0.326 e. The molecule has 8 aromatic rings. The first-order valence-corrected chi connectivity index (χ1v) is 15.3.